The fourth-order valence-electron chi connectivity index (χ4n) is 3.17. The molecule has 0 aliphatic heterocycles. The first-order valence-corrected chi connectivity index (χ1v) is 9.00. The van der Waals surface area contributed by atoms with Crippen molar-refractivity contribution in [2.45, 2.75) is 37.7 Å². The minimum absolute atomic E-state index is 0.170. The smallest absolute Gasteiger partial charge is 0.273 e. The van der Waals surface area contributed by atoms with Crippen LogP contribution in [0, 0.1) is 5.82 Å². The van der Waals surface area contributed by atoms with E-state index in [0.717, 1.165) is 36.3 Å². The second-order valence-corrected chi connectivity index (χ2v) is 7.47. The number of halogens is 1. The zero-order chi connectivity index (χ0) is 17.2. The summed E-state index contributed by atoms with van der Waals surface area (Å²) in [6.45, 7) is 0.344. The highest BCUT2D eigenvalue weighted by Gasteiger charge is 2.33. The molecular formula is C18H21FN2O2S. The third kappa shape index (κ3) is 3.99. The molecule has 1 saturated carbocycles. The Morgan fingerprint density at radius 2 is 2.00 bits per heavy atom. The Morgan fingerprint density at radius 1 is 1.33 bits per heavy atom. The van der Waals surface area contributed by atoms with E-state index in [4.69, 9.17) is 0 Å². The zero-order valence-electron chi connectivity index (χ0n) is 13.7. The molecule has 0 atom stereocenters. The summed E-state index contributed by atoms with van der Waals surface area (Å²) in [6, 6.07) is 6.29. The highest BCUT2D eigenvalue weighted by atomic mass is 32.1. The first-order chi connectivity index (χ1) is 11.5. The van der Waals surface area contributed by atoms with Crippen molar-refractivity contribution in [2.24, 2.45) is 0 Å². The van der Waals surface area contributed by atoms with Crippen molar-refractivity contribution < 1.29 is 14.3 Å². The number of aromatic nitrogens is 1. The van der Waals surface area contributed by atoms with E-state index in [1.807, 2.05) is 0 Å². The maximum atomic E-state index is 12.9. The molecule has 0 radical (unpaired) electrons. The highest BCUT2D eigenvalue weighted by molar-refractivity contribution is 7.09. The van der Waals surface area contributed by atoms with Gasteiger partial charge in [0.05, 0.1) is 10.6 Å². The largest absolute Gasteiger partial charge is 0.388 e. The molecule has 0 spiro atoms. The van der Waals surface area contributed by atoms with Gasteiger partial charge in [0.1, 0.15) is 11.5 Å². The summed E-state index contributed by atoms with van der Waals surface area (Å²) in [6.07, 6.45) is 4.09. The molecule has 1 N–H and O–H groups in total. The second-order valence-electron chi connectivity index (χ2n) is 6.52. The number of hydrogen-bond donors (Lipinski definition) is 1. The van der Waals surface area contributed by atoms with E-state index >= 15 is 0 Å². The van der Waals surface area contributed by atoms with Crippen LogP contribution in [-0.4, -0.2) is 40.1 Å². The number of thiazole rings is 1. The fraction of sp³-hybridized carbons (Fsp3) is 0.444. The fourth-order valence-corrected chi connectivity index (χ4v) is 3.97. The standard InChI is InChI=1S/C18H21FN2O2S/c1-21(12-18(23)8-2-3-9-18)17(22)15-11-24-16(20-15)10-13-4-6-14(19)7-5-13/h4-7,11,23H,2-3,8-10,12H2,1H3. The van der Waals surface area contributed by atoms with Gasteiger partial charge >= 0.3 is 0 Å². The monoisotopic (exact) mass is 348 g/mol. The van der Waals surface area contributed by atoms with Gasteiger partial charge in [-0.3, -0.25) is 4.79 Å². The van der Waals surface area contributed by atoms with E-state index in [0.29, 0.717) is 18.7 Å². The van der Waals surface area contributed by atoms with Crippen LogP contribution in [-0.2, 0) is 6.42 Å². The number of amides is 1. The number of nitrogens with zero attached hydrogens (tertiary/aromatic N) is 2. The third-order valence-electron chi connectivity index (χ3n) is 4.45. The molecule has 1 aliphatic carbocycles. The first kappa shape index (κ1) is 17.0. The van der Waals surface area contributed by atoms with Gasteiger partial charge in [-0.1, -0.05) is 25.0 Å². The summed E-state index contributed by atoms with van der Waals surface area (Å²) >= 11 is 1.42. The molecule has 3 rings (SSSR count). The van der Waals surface area contributed by atoms with Gasteiger partial charge in [-0.05, 0) is 30.5 Å². The number of carbonyl (C=O) groups excluding carboxylic acids is 1. The average Bonchev–Trinajstić information content (AvgIpc) is 3.18. The summed E-state index contributed by atoms with van der Waals surface area (Å²) < 4.78 is 12.9. The van der Waals surface area contributed by atoms with Gasteiger partial charge in [-0.25, -0.2) is 9.37 Å². The van der Waals surface area contributed by atoms with E-state index in [9.17, 15) is 14.3 Å². The van der Waals surface area contributed by atoms with E-state index < -0.39 is 5.60 Å². The van der Waals surface area contributed by atoms with Crippen LogP contribution in [0.25, 0.3) is 0 Å². The Labute approximate surface area is 145 Å². The van der Waals surface area contributed by atoms with Crippen molar-refractivity contribution in [1.82, 2.24) is 9.88 Å². The van der Waals surface area contributed by atoms with Gasteiger partial charge in [0.15, 0.2) is 0 Å². The van der Waals surface area contributed by atoms with Crippen LogP contribution in [0.2, 0.25) is 0 Å². The molecule has 1 aromatic carbocycles. The molecular weight excluding hydrogens is 327 g/mol. The molecule has 1 aromatic heterocycles. The highest BCUT2D eigenvalue weighted by Crippen LogP contribution is 2.30. The summed E-state index contributed by atoms with van der Waals surface area (Å²) in [7, 11) is 1.71. The number of rotatable bonds is 5. The summed E-state index contributed by atoms with van der Waals surface area (Å²) in [5.74, 6) is -0.433. The van der Waals surface area contributed by atoms with Crippen LogP contribution >= 0.6 is 11.3 Å². The van der Waals surface area contributed by atoms with Crippen molar-refractivity contribution in [3.63, 3.8) is 0 Å². The van der Waals surface area contributed by atoms with Crippen LogP contribution < -0.4 is 0 Å². The summed E-state index contributed by atoms with van der Waals surface area (Å²) in [5, 5.41) is 13.0. The Morgan fingerprint density at radius 3 is 2.67 bits per heavy atom. The molecule has 6 heteroatoms. The number of benzene rings is 1. The zero-order valence-corrected chi connectivity index (χ0v) is 14.5. The lowest BCUT2D eigenvalue weighted by molar-refractivity contribution is 0.0155. The summed E-state index contributed by atoms with van der Waals surface area (Å²) in [5.41, 5.74) is 0.608. The maximum Gasteiger partial charge on any atom is 0.273 e. The van der Waals surface area contributed by atoms with Crippen molar-refractivity contribution in [3.8, 4) is 0 Å². The van der Waals surface area contributed by atoms with Crippen molar-refractivity contribution >= 4 is 17.2 Å². The summed E-state index contributed by atoms with van der Waals surface area (Å²) in [4.78, 5) is 18.5. The van der Waals surface area contributed by atoms with Crippen LogP contribution in [0.4, 0.5) is 4.39 Å². The molecule has 1 fully saturated rings. The first-order valence-electron chi connectivity index (χ1n) is 8.12. The van der Waals surface area contributed by atoms with Crippen LogP contribution in [0.3, 0.4) is 0 Å². The number of likely N-dealkylation sites (N-methyl/N-ethyl adjacent to an activating group) is 1. The SMILES string of the molecule is CN(CC1(O)CCCC1)C(=O)c1csc(Cc2ccc(F)cc2)n1. The van der Waals surface area contributed by atoms with E-state index in [-0.39, 0.29) is 11.7 Å². The van der Waals surface area contributed by atoms with Gasteiger partial charge in [0.25, 0.3) is 5.91 Å². The maximum absolute atomic E-state index is 12.9. The van der Waals surface area contributed by atoms with Crippen LogP contribution in [0.1, 0.15) is 46.7 Å². The lowest BCUT2D eigenvalue weighted by Crippen LogP contribution is -2.42. The molecule has 1 amide bonds. The third-order valence-corrected chi connectivity index (χ3v) is 5.30. The normalized spacial score (nSPS) is 16.3. The number of carbonyl (C=O) groups is 1. The van der Waals surface area contributed by atoms with Gasteiger partial charge in [-0.15, -0.1) is 11.3 Å². The average molecular weight is 348 g/mol. The molecule has 0 bridgehead atoms. The Hall–Kier alpha value is -1.79. The van der Waals surface area contributed by atoms with E-state index in [1.165, 1.54) is 23.5 Å². The number of aliphatic hydroxyl groups is 1. The molecule has 2 aromatic rings. The van der Waals surface area contributed by atoms with Gasteiger partial charge in [0.2, 0.25) is 0 Å². The van der Waals surface area contributed by atoms with E-state index in [1.54, 1.807) is 29.5 Å². The van der Waals surface area contributed by atoms with Crippen LogP contribution in [0.5, 0.6) is 0 Å². The van der Waals surface area contributed by atoms with Crippen molar-refractivity contribution in [2.75, 3.05) is 13.6 Å². The quantitative estimate of drug-likeness (QED) is 0.902. The molecule has 4 nitrogen and oxygen atoms in total. The van der Waals surface area contributed by atoms with Crippen molar-refractivity contribution in [1.29, 1.82) is 0 Å². The minimum atomic E-state index is -0.753. The Bertz CT molecular complexity index is 708. The molecule has 128 valence electrons. The molecule has 1 heterocycles. The molecule has 1 aliphatic rings. The van der Waals surface area contributed by atoms with Gasteiger partial charge in [-0.2, -0.15) is 0 Å². The van der Waals surface area contributed by atoms with Crippen molar-refractivity contribution in [3.05, 3.63) is 51.7 Å². The van der Waals surface area contributed by atoms with Crippen LogP contribution in [0.15, 0.2) is 29.6 Å². The second kappa shape index (κ2) is 6.99. The predicted octanol–water partition coefficient (Wildman–Crippen LogP) is 3.25. The Kier molecular flexibility index (Phi) is 4.96. The molecule has 0 unspecified atom stereocenters. The van der Waals surface area contributed by atoms with E-state index in [2.05, 4.69) is 4.98 Å². The van der Waals surface area contributed by atoms with Gasteiger partial charge < -0.3 is 10.0 Å². The topological polar surface area (TPSA) is 53.4 Å². The minimum Gasteiger partial charge on any atom is -0.388 e. The number of hydrogen-bond acceptors (Lipinski definition) is 4. The Balaban J connectivity index is 1.63. The molecule has 24 heavy (non-hydrogen) atoms. The molecule has 0 saturated heterocycles. The predicted molar refractivity (Wildman–Crippen MR) is 91.7 cm³/mol. The van der Waals surface area contributed by atoms with Gasteiger partial charge in [0, 0.05) is 25.4 Å². The lowest BCUT2D eigenvalue weighted by Gasteiger charge is -2.28. The lowest BCUT2D eigenvalue weighted by atomic mass is 10.0.